The van der Waals surface area contributed by atoms with E-state index in [-0.39, 0.29) is 5.91 Å². The maximum absolute atomic E-state index is 12.3. The van der Waals surface area contributed by atoms with Gasteiger partial charge in [-0.25, -0.2) is 0 Å². The number of nitrogen functional groups attached to an aromatic ring is 1. The van der Waals surface area contributed by atoms with Crippen LogP contribution in [0.4, 0.5) is 5.69 Å². The third kappa shape index (κ3) is 3.38. The van der Waals surface area contributed by atoms with Crippen molar-refractivity contribution in [2.75, 3.05) is 12.8 Å². The van der Waals surface area contributed by atoms with Gasteiger partial charge >= 0.3 is 0 Å². The van der Waals surface area contributed by atoms with E-state index in [0.717, 1.165) is 17.7 Å². The number of rotatable bonds is 4. The summed E-state index contributed by atoms with van der Waals surface area (Å²) in [4.78, 5) is 14.0. The molecule has 0 bridgehead atoms. The normalized spacial score (nSPS) is 10.3. The second kappa shape index (κ2) is 6.24. The van der Waals surface area contributed by atoms with Crippen molar-refractivity contribution in [3.05, 3.63) is 65.2 Å². The van der Waals surface area contributed by atoms with Crippen molar-refractivity contribution in [1.82, 2.24) is 4.90 Å². The van der Waals surface area contributed by atoms with Crippen molar-refractivity contribution in [3.8, 4) is 0 Å². The molecule has 20 heavy (non-hydrogen) atoms. The van der Waals surface area contributed by atoms with Gasteiger partial charge in [-0.15, -0.1) is 0 Å². The van der Waals surface area contributed by atoms with Crippen molar-refractivity contribution >= 4 is 11.6 Å². The molecule has 2 N–H and O–H groups in total. The number of nitrogens with zero attached hydrogens (tertiary/aromatic N) is 1. The van der Waals surface area contributed by atoms with Crippen LogP contribution in [-0.2, 0) is 13.0 Å². The van der Waals surface area contributed by atoms with Crippen LogP contribution >= 0.6 is 0 Å². The lowest BCUT2D eigenvalue weighted by molar-refractivity contribution is 0.0785. The van der Waals surface area contributed by atoms with Gasteiger partial charge in [0.25, 0.3) is 5.91 Å². The first-order valence-corrected chi connectivity index (χ1v) is 6.79. The molecule has 2 rings (SSSR count). The van der Waals surface area contributed by atoms with Crippen LogP contribution < -0.4 is 5.73 Å². The van der Waals surface area contributed by atoms with E-state index in [1.165, 1.54) is 5.56 Å². The molecule has 2 aromatic rings. The van der Waals surface area contributed by atoms with Gasteiger partial charge in [0, 0.05) is 24.8 Å². The Labute approximate surface area is 120 Å². The average Bonchev–Trinajstić information content (AvgIpc) is 2.46. The monoisotopic (exact) mass is 268 g/mol. The van der Waals surface area contributed by atoms with Crippen LogP contribution in [0.15, 0.2) is 48.5 Å². The van der Waals surface area contributed by atoms with Crippen molar-refractivity contribution in [2.45, 2.75) is 19.9 Å². The quantitative estimate of drug-likeness (QED) is 0.866. The maximum atomic E-state index is 12.3. The predicted molar refractivity (Wildman–Crippen MR) is 82.5 cm³/mol. The Hall–Kier alpha value is -2.29. The number of anilines is 1. The molecule has 1 amide bonds. The zero-order valence-corrected chi connectivity index (χ0v) is 12.0. The molecular weight excluding hydrogens is 248 g/mol. The molecule has 3 nitrogen and oxygen atoms in total. The lowest BCUT2D eigenvalue weighted by Crippen LogP contribution is -2.26. The molecule has 3 heteroatoms. The Balaban J connectivity index is 2.07. The summed E-state index contributed by atoms with van der Waals surface area (Å²) in [6, 6.07) is 15.4. The molecule has 0 aliphatic carbocycles. The molecular formula is C17H20N2O. The van der Waals surface area contributed by atoms with Crippen molar-refractivity contribution in [1.29, 1.82) is 0 Å². The first-order chi connectivity index (χ1) is 9.60. The Kier molecular flexibility index (Phi) is 4.41. The van der Waals surface area contributed by atoms with Crippen LogP contribution in [0.25, 0.3) is 0 Å². The van der Waals surface area contributed by atoms with Gasteiger partial charge in [0.1, 0.15) is 0 Å². The molecule has 0 heterocycles. The molecule has 0 saturated heterocycles. The van der Waals surface area contributed by atoms with Crippen LogP contribution in [0, 0.1) is 0 Å². The second-order valence-electron chi connectivity index (χ2n) is 4.96. The number of benzene rings is 2. The summed E-state index contributed by atoms with van der Waals surface area (Å²) in [7, 11) is 1.80. The molecule has 0 spiro atoms. The van der Waals surface area contributed by atoms with Gasteiger partial charge in [-0.3, -0.25) is 4.79 Å². The highest BCUT2D eigenvalue weighted by Crippen LogP contribution is 2.12. The van der Waals surface area contributed by atoms with Gasteiger partial charge in [-0.1, -0.05) is 31.2 Å². The van der Waals surface area contributed by atoms with Crippen LogP contribution in [0.1, 0.15) is 28.4 Å². The van der Waals surface area contributed by atoms with Crippen molar-refractivity contribution in [2.24, 2.45) is 0 Å². The molecule has 0 saturated carbocycles. The predicted octanol–water partition coefficient (Wildman–Crippen LogP) is 3.10. The van der Waals surface area contributed by atoms with Crippen molar-refractivity contribution in [3.63, 3.8) is 0 Å². The summed E-state index contributed by atoms with van der Waals surface area (Å²) < 4.78 is 0. The summed E-state index contributed by atoms with van der Waals surface area (Å²) >= 11 is 0. The summed E-state index contributed by atoms with van der Waals surface area (Å²) in [6.45, 7) is 2.65. The number of carbonyl (C=O) groups excluding carboxylic acids is 1. The van der Waals surface area contributed by atoms with E-state index in [0.29, 0.717) is 12.1 Å². The number of nitrogens with two attached hydrogens (primary N) is 1. The topological polar surface area (TPSA) is 46.3 Å². The molecule has 0 fully saturated rings. The van der Waals surface area contributed by atoms with Gasteiger partial charge < -0.3 is 10.6 Å². The molecule has 2 aromatic carbocycles. The van der Waals surface area contributed by atoms with E-state index in [1.54, 1.807) is 11.9 Å². The maximum Gasteiger partial charge on any atom is 0.253 e. The van der Waals surface area contributed by atoms with E-state index < -0.39 is 0 Å². The number of hydrogen-bond donors (Lipinski definition) is 1. The van der Waals surface area contributed by atoms with E-state index in [1.807, 2.05) is 48.5 Å². The Bertz CT molecular complexity index is 590. The van der Waals surface area contributed by atoms with Crippen LogP contribution in [0.2, 0.25) is 0 Å². The third-order valence-electron chi connectivity index (χ3n) is 3.33. The van der Waals surface area contributed by atoms with Gasteiger partial charge in [0.05, 0.1) is 0 Å². The van der Waals surface area contributed by atoms with Gasteiger partial charge in [0.15, 0.2) is 0 Å². The lowest BCUT2D eigenvalue weighted by Gasteiger charge is -2.17. The van der Waals surface area contributed by atoms with Gasteiger partial charge in [0.2, 0.25) is 0 Å². The van der Waals surface area contributed by atoms with E-state index in [4.69, 9.17) is 5.73 Å². The largest absolute Gasteiger partial charge is 0.399 e. The zero-order valence-electron chi connectivity index (χ0n) is 12.0. The highest BCUT2D eigenvalue weighted by atomic mass is 16.2. The van der Waals surface area contributed by atoms with Crippen molar-refractivity contribution < 1.29 is 4.79 Å². The summed E-state index contributed by atoms with van der Waals surface area (Å²) in [5.74, 6) is 0.0232. The SMILES string of the molecule is CCc1ccc(C(=O)N(C)Cc2cccc(N)c2)cc1. The Morgan fingerprint density at radius 2 is 1.80 bits per heavy atom. The number of hydrogen-bond acceptors (Lipinski definition) is 2. The minimum absolute atomic E-state index is 0.0232. The standard InChI is InChI=1S/C17H20N2O/c1-3-13-7-9-15(10-8-13)17(20)19(2)12-14-5-4-6-16(18)11-14/h4-11H,3,12,18H2,1-2H3. The number of carbonyl (C=O) groups is 1. The minimum Gasteiger partial charge on any atom is -0.399 e. The Morgan fingerprint density at radius 3 is 2.40 bits per heavy atom. The van der Waals surface area contributed by atoms with Gasteiger partial charge in [-0.2, -0.15) is 0 Å². The lowest BCUT2D eigenvalue weighted by atomic mass is 10.1. The molecule has 0 aromatic heterocycles. The molecule has 0 unspecified atom stereocenters. The first-order valence-electron chi connectivity index (χ1n) is 6.79. The van der Waals surface area contributed by atoms with E-state index >= 15 is 0 Å². The average molecular weight is 268 g/mol. The second-order valence-corrected chi connectivity index (χ2v) is 4.96. The molecule has 0 radical (unpaired) electrons. The number of amides is 1. The number of aryl methyl sites for hydroxylation is 1. The fourth-order valence-electron chi connectivity index (χ4n) is 2.14. The van der Waals surface area contributed by atoms with Crippen LogP contribution in [0.3, 0.4) is 0 Å². The summed E-state index contributed by atoms with van der Waals surface area (Å²) in [5, 5.41) is 0. The smallest absolute Gasteiger partial charge is 0.253 e. The Morgan fingerprint density at radius 1 is 1.10 bits per heavy atom. The fourth-order valence-corrected chi connectivity index (χ4v) is 2.14. The van der Waals surface area contributed by atoms with E-state index in [9.17, 15) is 4.79 Å². The van der Waals surface area contributed by atoms with Gasteiger partial charge in [-0.05, 0) is 41.8 Å². The molecule has 0 atom stereocenters. The minimum atomic E-state index is 0.0232. The third-order valence-corrected chi connectivity index (χ3v) is 3.33. The fraction of sp³-hybridized carbons (Fsp3) is 0.235. The molecule has 0 aliphatic rings. The highest BCUT2D eigenvalue weighted by molar-refractivity contribution is 5.94. The molecule has 104 valence electrons. The highest BCUT2D eigenvalue weighted by Gasteiger charge is 2.11. The van der Waals surface area contributed by atoms with Crippen LogP contribution in [-0.4, -0.2) is 17.9 Å². The zero-order chi connectivity index (χ0) is 14.5. The first kappa shape index (κ1) is 14.1. The summed E-state index contributed by atoms with van der Waals surface area (Å²) in [6.07, 6.45) is 0.980. The van der Waals surface area contributed by atoms with Crippen LogP contribution in [0.5, 0.6) is 0 Å². The van der Waals surface area contributed by atoms with E-state index in [2.05, 4.69) is 6.92 Å². The molecule has 0 aliphatic heterocycles. The summed E-state index contributed by atoms with van der Waals surface area (Å²) in [5.41, 5.74) is 9.45.